The Bertz CT molecular complexity index is 305. The number of aldehydes is 1. The molecule has 1 aliphatic rings. The van der Waals surface area contributed by atoms with Gasteiger partial charge in [-0.15, -0.1) is 0 Å². The molecule has 0 saturated heterocycles. The van der Waals surface area contributed by atoms with Crippen molar-refractivity contribution in [3.05, 3.63) is 17.0 Å². The molecule has 1 heterocycles. The number of carbonyl (C=O) groups is 1. The van der Waals surface area contributed by atoms with E-state index in [1.807, 2.05) is 34.6 Å². The van der Waals surface area contributed by atoms with E-state index in [1.54, 1.807) is 0 Å². The number of aryl methyl sites for hydroxylation is 1. The number of hydrogen-bond donors (Lipinski definition) is 1. The maximum Gasteiger partial charge on any atom is 0.123 e. The van der Waals surface area contributed by atoms with E-state index in [2.05, 4.69) is 10.2 Å². The lowest BCUT2D eigenvalue weighted by Crippen LogP contribution is -2.14. The van der Waals surface area contributed by atoms with Gasteiger partial charge in [-0.2, -0.15) is 5.10 Å². The third-order valence-corrected chi connectivity index (χ3v) is 2.57. The second-order valence-corrected chi connectivity index (χ2v) is 3.41. The molecule has 0 spiro atoms. The van der Waals surface area contributed by atoms with Crippen molar-refractivity contribution in [2.75, 3.05) is 0 Å². The van der Waals surface area contributed by atoms with E-state index in [1.165, 1.54) is 5.56 Å². The first-order valence-corrected chi connectivity index (χ1v) is 6.29. The highest BCUT2D eigenvalue weighted by Gasteiger charge is 2.21. The molecule has 1 unspecified atom stereocenters. The first-order chi connectivity index (χ1) is 7.81. The van der Waals surface area contributed by atoms with Gasteiger partial charge in [0.25, 0.3) is 0 Å². The minimum atomic E-state index is 0.195. The van der Waals surface area contributed by atoms with Crippen LogP contribution in [0.5, 0.6) is 0 Å². The van der Waals surface area contributed by atoms with Crippen molar-refractivity contribution in [1.29, 1.82) is 0 Å². The second kappa shape index (κ2) is 8.08. The topological polar surface area (TPSA) is 45.8 Å². The molecule has 0 bridgehead atoms. The Balaban J connectivity index is 0.000000509. The van der Waals surface area contributed by atoms with E-state index >= 15 is 0 Å². The first-order valence-electron chi connectivity index (χ1n) is 6.29. The van der Waals surface area contributed by atoms with Crippen LogP contribution in [0.1, 0.15) is 51.1 Å². The van der Waals surface area contributed by atoms with Crippen LogP contribution in [-0.2, 0) is 17.6 Å². The molecule has 0 aromatic carbocycles. The Hall–Kier alpha value is -1.12. The number of aromatic amines is 1. The van der Waals surface area contributed by atoms with Crippen LogP contribution in [0.2, 0.25) is 0 Å². The van der Waals surface area contributed by atoms with Gasteiger partial charge in [-0.05, 0) is 25.3 Å². The van der Waals surface area contributed by atoms with E-state index in [-0.39, 0.29) is 5.92 Å². The van der Waals surface area contributed by atoms with Gasteiger partial charge in [0.15, 0.2) is 0 Å². The van der Waals surface area contributed by atoms with Gasteiger partial charge in [-0.1, -0.05) is 27.7 Å². The highest BCUT2D eigenvalue weighted by atomic mass is 16.1. The number of carbonyl (C=O) groups excluding carboxylic acids is 1. The maximum absolute atomic E-state index is 10.5. The summed E-state index contributed by atoms with van der Waals surface area (Å²) in [4.78, 5) is 10.5. The SMILES string of the molecule is CC.CC.Cc1[nH]nc2c1CCC(C=O)C2. The molecule has 16 heavy (non-hydrogen) atoms. The molecule has 92 valence electrons. The minimum absolute atomic E-state index is 0.195. The number of fused-ring (bicyclic) bond motifs is 1. The summed E-state index contributed by atoms with van der Waals surface area (Å²) in [5.41, 5.74) is 3.58. The van der Waals surface area contributed by atoms with Gasteiger partial charge in [0.05, 0.1) is 5.69 Å². The van der Waals surface area contributed by atoms with Gasteiger partial charge in [0.1, 0.15) is 6.29 Å². The summed E-state index contributed by atoms with van der Waals surface area (Å²) in [7, 11) is 0. The molecule has 1 N–H and O–H groups in total. The van der Waals surface area contributed by atoms with Crippen molar-refractivity contribution in [2.24, 2.45) is 5.92 Å². The van der Waals surface area contributed by atoms with Crippen molar-refractivity contribution in [3.63, 3.8) is 0 Å². The third-order valence-electron chi connectivity index (χ3n) is 2.57. The van der Waals surface area contributed by atoms with E-state index in [4.69, 9.17) is 0 Å². The van der Waals surface area contributed by atoms with E-state index < -0.39 is 0 Å². The zero-order chi connectivity index (χ0) is 12.6. The van der Waals surface area contributed by atoms with Crippen molar-refractivity contribution in [3.8, 4) is 0 Å². The standard InChI is InChI=1S/C9H12N2O.2C2H6/c1-6-8-3-2-7(5-12)4-9(8)11-10-6;2*1-2/h5,7H,2-4H2,1H3,(H,10,11);2*1-2H3. The van der Waals surface area contributed by atoms with Crippen LogP contribution in [0.3, 0.4) is 0 Å². The Labute approximate surface area is 98.6 Å². The average molecular weight is 224 g/mol. The van der Waals surface area contributed by atoms with Crippen LogP contribution < -0.4 is 0 Å². The first kappa shape index (κ1) is 14.9. The summed E-state index contributed by atoms with van der Waals surface area (Å²) in [6, 6.07) is 0. The molecule has 2 rings (SSSR count). The van der Waals surface area contributed by atoms with Crippen molar-refractivity contribution in [2.45, 2.75) is 53.9 Å². The van der Waals surface area contributed by atoms with Crippen molar-refractivity contribution < 1.29 is 4.79 Å². The summed E-state index contributed by atoms with van der Waals surface area (Å²) in [5, 5.41) is 7.13. The molecule has 0 amide bonds. The number of aromatic nitrogens is 2. The predicted octanol–water partition coefficient (Wildman–Crippen LogP) is 3.07. The monoisotopic (exact) mass is 224 g/mol. The normalized spacial score (nSPS) is 17.2. The van der Waals surface area contributed by atoms with Crippen LogP contribution in [0.25, 0.3) is 0 Å². The molecule has 1 aromatic heterocycles. The summed E-state index contributed by atoms with van der Waals surface area (Å²) >= 11 is 0. The van der Waals surface area contributed by atoms with Crippen molar-refractivity contribution in [1.82, 2.24) is 10.2 Å². The summed E-state index contributed by atoms with van der Waals surface area (Å²) in [6.07, 6.45) is 3.86. The molecule has 1 aromatic rings. The Morgan fingerprint density at radius 1 is 1.31 bits per heavy atom. The van der Waals surface area contributed by atoms with Gasteiger partial charge in [-0.3, -0.25) is 5.10 Å². The van der Waals surface area contributed by atoms with Gasteiger partial charge < -0.3 is 4.79 Å². The highest BCUT2D eigenvalue weighted by Crippen LogP contribution is 2.24. The minimum Gasteiger partial charge on any atom is -0.303 e. The Morgan fingerprint density at radius 3 is 2.50 bits per heavy atom. The molecule has 0 aliphatic heterocycles. The van der Waals surface area contributed by atoms with Crippen LogP contribution in [0.4, 0.5) is 0 Å². The van der Waals surface area contributed by atoms with Gasteiger partial charge in [0, 0.05) is 18.0 Å². The summed E-state index contributed by atoms with van der Waals surface area (Å²) in [6.45, 7) is 10.0. The van der Waals surface area contributed by atoms with E-state index in [0.717, 1.165) is 36.9 Å². The second-order valence-electron chi connectivity index (χ2n) is 3.41. The van der Waals surface area contributed by atoms with Gasteiger partial charge >= 0.3 is 0 Å². The zero-order valence-corrected chi connectivity index (χ0v) is 11.1. The van der Waals surface area contributed by atoms with Crippen LogP contribution in [-0.4, -0.2) is 16.5 Å². The fourth-order valence-corrected chi connectivity index (χ4v) is 1.80. The molecule has 0 fully saturated rings. The molecule has 1 atom stereocenters. The lowest BCUT2D eigenvalue weighted by Gasteiger charge is -2.15. The van der Waals surface area contributed by atoms with E-state index in [9.17, 15) is 4.79 Å². The zero-order valence-electron chi connectivity index (χ0n) is 11.1. The highest BCUT2D eigenvalue weighted by molar-refractivity contribution is 5.55. The lowest BCUT2D eigenvalue weighted by atomic mass is 9.88. The number of nitrogens with one attached hydrogen (secondary N) is 1. The molecule has 1 aliphatic carbocycles. The van der Waals surface area contributed by atoms with E-state index in [0.29, 0.717) is 0 Å². The third kappa shape index (κ3) is 3.47. The van der Waals surface area contributed by atoms with Crippen LogP contribution >= 0.6 is 0 Å². The largest absolute Gasteiger partial charge is 0.303 e. The summed E-state index contributed by atoms with van der Waals surface area (Å²) in [5.74, 6) is 0.195. The predicted molar refractivity (Wildman–Crippen MR) is 67.6 cm³/mol. The van der Waals surface area contributed by atoms with Gasteiger partial charge in [0.2, 0.25) is 0 Å². The molecule has 0 radical (unpaired) electrons. The van der Waals surface area contributed by atoms with Gasteiger partial charge in [-0.25, -0.2) is 0 Å². The number of hydrogen-bond acceptors (Lipinski definition) is 2. The van der Waals surface area contributed by atoms with Crippen LogP contribution in [0.15, 0.2) is 0 Å². The Morgan fingerprint density at radius 2 is 1.94 bits per heavy atom. The lowest BCUT2D eigenvalue weighted by molar-refractivity contribution is -0.111. The molecule has 3 nitrogen and oxygen atoms in total. The smallest absolute Gasteiger partial charge is 0.123 e. The fourth-order valence-electron chi connectivity index (χ4n) is 1.80. The number of rotatable bonds is 1. The molecular formula is C13H24N2O. The maximum atomic E-state index is 10.5. The van der Waals surface area contributed by atoms with Crippen LogP contribution in [0, 0.1) is 12.8 Å². The van der Waals surface area contributed by atoms with Crippen molar-refractivity contribution >= 4 is 6.29 Å². The Kier molecular flexibility index (Phi) is 7.52. The number of nitrogens with zero attached hydrogens (tertiary/aromatic N) is 1. The summed E-state index contributed by atoms with van der Waals surface area (Å²) < 4.78 is 0. The fraction of sp³-hybridized carbons (Fsp3) is 0.692. The molecular weight excluding hydrogens is 200 g/mol. The average Bonchev–Trinajstić information content (AvgIpc) is 2.75. The molecule has 3 heteroatoms. The molecule has 0 saturated carbocycles. The quantitative estimate of drug-likeness (QED) is 0.745. The number of H-pyrrole nitrogens is 1.